The second-order valence-corrected chi connectivity index (χ2v) is 11.1. The minimum Gasteiger partial charge on any atom is -0.480 e. The van der Waals surface area contributed by atoms with E-state index in [2.05, 4.69) is 17.1 Å². The molecule has 3 fully saturated rings. The van der Waals surface area contributed by atoms with Crippen LogP contribution in [0.4, 0.5) is 0 Å². The van der Waals surface area contributed by atoms with E-state index in [0.29, 0.717) is 0 Å². The summed E-state index contributed by atoms with van der Waals surface area (Å²) in [7, 11) is 0. The average molecular weight is 457 g/mol. The third-order valence-electron chi connectivity index (χ3n) is 7.66. The molecule has 8 atom stereocenters. The SMILES string of the molecule is C[C@H](C(=O)O)N1C(=O)[C@@H]2[C@H]3C[C@@H]([C@@H]2C1=O)[C@@H]1[C@@H](c2ccccc2)c2sc(=O)[nH]c2S[C@H]31. The maximum absolute atomic E-state index is 13.3. The number of likely N-dealkylation sites (tertiary alicyclic amines) is 1. The van der Waals surface area contributed by atoms with Crippen LogP contribution in [0.3, 0.4) is 0 Å². The van der Waals surface area contributed by atoms with E-state index in [-0.39, 0.29) is 45.6 Å². The van der Waals surface area contributed by atoms with Crippen LogP contribution in [-0.4, -0.2) is 44.1 Å². The summed E-state index contributed by atoms with van der Waals surface area (Å²) in [4.78, 5) is 55.1. The highest BCUT2D eigenvalue weighted by molar-refractivity contribution is 8.00. The van der Waals surface area contributed by atoms with Crippen molar-refractivity contribution in [3.63, 3.8) is 0 Å². The number of benzene rings is 1. The Morgan fingerprint density at radius 3 is 2.48 bits per heavy atom. The van der Waals surface area contributed by atoms with Crippen molar-refractivity contribution < 1.29 is 19.5 Å². The minimum atomic E-state index is -1.16. The van der Waals surface area contributed by atoms with Crippen LogP contribution in [0.2, 0.25) is 0 Å². The molecule has 7 nitrogen and oxygen atoms in total. The Morgan fingerprint density at radius 1 is 1.13 bits per heavy atom. The van der Waals surface area contributed by atoms with Gasteiger partial charge in [-0.3, -0.25) is 19.3 Å². The van der Waals surface area contributed by atoms with Gasteiger partial charge < -0.3 is 10.1 Å². The first-order valence-electron chi connectivity index (χ1n) is 10.4. The number of nitrogens with zero attached hydrogens (tertiary/aromatic N) is 1. The second-order valence-electron chi connectivity index (χ2n) is 8.93. The van der Waals surface area contributed by atoms with Gasteiger partial charge in [0.15, 0.2) is 0 Å². The Balaban J connectivity index is 1.46. The molecule has 2 bridgehead atoms. The number of carboxylic acids is 1. The molecule has 1 aromatic carbocycles. The lowest BCUT2D eigenvalue weighted by molar-refractivity contribution is -0.154. The number of nitrogens with one attached hydrogen (secondary N) is 1. The molecular weight excluding hydrogens is 436 g/mol. The number of hydrogen-bond acceptors (Lipinski definition) is 6. The van der Waals surface area contributed by atoms with E-state index in [1.807, 2.05) is 18.2 Å². The normalized spacial score (nSPS) is 36.3. The first kappa shape index (κ1) is 19.3. The smallest absolute Gasteiger partial charge is 0.326 e. The second kappa shape index (κ2) is 6.56. The Bertz CT molecular complexity index is 1170. The van der Waals surface area contributed by atoms with Crippen LogP contribution in [0.25, 0.3) is 0 Å². The number of fused-ring (bicyclic) bond motifs is 9. The number of aromatic amines is 1. The van der Waals surface area contributed by atoms with Crippen molar-refractivity contribution >= 4 is 40.9 Å². The van der Waals surface area contributed by atoms with E-state index in [1.165, 1.54) is 18.3 Å². The van der Waals surface area contributed by atoms with Crippen molar-refractivity contribution in [1.29, 1.82) is 0 Å². The maximum Gasteiger partial charge on any atom is 0.326 e. The Labute approximate surface area is 185 Å². The molecule has 1 aromatic heterocycles. The first-order chi connectivity index (χ1) is 14.9. The van der Waals surface area contributed by atoms with Gasteiger partial charge in [0.05, 0.1) is 16.9 Å². The van der Waals surface area contributed by atoms with Gasteiger partial charge in [0.2, 0.25) is 11.8 Å². The topological polar surface area (TPSA) is 108 Å². The number of amides is 2. The zero-order valence-electron chi connectivity index (χ0n) is 16.6. The molecule has 160 valence electrons. The van der Waals surface area contributed by atoms with E-state index in [4.69, 9.17) is 0 Å². The summed E-state index contributed by atoms with van der Waals surface area (Å²) in [6.07, 6.45) is 0.799. The maximum atomic E-state index is 13.3. The van der Waals surface area contributed by atoms with Gasteiger partial charge in [-0.25, -0.2) is 4.79 Å². The molecule has 4 aliphatic rings. The fourth-order valence-electron chi connectivity index (χ4n) is 6.57. The van der Waals surface area contributed by atoms with E-state index in [9.17, 15) is 24.3 Å². The zero-order valence-corrected chi connectivity index (χ0v) is 18.2. The van der Waals surface area contributed by atoms with Crippen molar-refractivity contribution in [1.82, 2.24) is 9.88 Å². The molecule has 31 heavy (non-hydrogen) atoms. The number of aliphatic carboxylic acids is 1. The van der Waals surface area contributed by atoms with Crippen LogP contribution in [0.5, 0.6) is 0 Å². The average Bonchev–Trinajstić information content (AvgIpc) is 3.47. The molecule has 2 N–H and O–H groups in total. The molecule has 2 aliphatic carbocycles. The van der Waals surface area contributed by atoms with E-state index < -0.39 is 23.8 Å². The van der Waals surface area contributed by atoms with Crippen LogP contribution in [0.15, 0.2) is 40.2 Å². The molecular formula is C22H20N2O5S2. The summed E-state index contributed by atoms with van der Waals surface area (Å²) in [6.45, 7) is 1.40. The highest BCUT2D eigenvalue weighted by Gasteiger charge is 2.70. The number of hydrogen-bond donors (Lipinski definition) is 2. The molecule has 0 radical (unpaired) electrons. The van der Waals surface area contributed by atoms with E-state index in [1.54, 1.807) is 11.8 Å². The lowest BCUT2D eigenvalue weighted by Crippen LogP contribution is -2.44. The molecule has 0 unspecified atom stereocenters. The molecule has 2 aliphatic heterocycles. The van der Waals surface area contributed by atoms with Crippen LogP contribution in [0.1, 0.15) is 29.7 Å². The van der Waals surface area contributed by atoms with Crippen LogP contribution >= 0.6 is 23.1 Å². The summed E-state index contributed by atoms with van der Waals surface area (Å²) in [5.41, 5.74) is 1.12. The molecule has 0 spiro atoms. The third kappa shape index (κ3) is 2.47. The zero-order chi connectivity index (χ0) is 21.6. The number of carbonyl (C=O) groups is 3. The van der Waals surface area contributed by atoms with Crippen molar-refractivity contribution in [3.05, 3.63) is 50.4 Å². The number of thiazole rings is 1. The fraction of sp³-hybridized carbons (Fsp3) is 0.455. The Kier molecular flexibility index (Phi) is 4.08. The van der Waals surface area contributed by atoms with Crippen LogP contribution < -0.4 is 4.87 Å². The van der Waals surface area contributed by atoms with Gasteiger partial charge in [-0.15, -0.1) is 11.8 Å². The predicted molar refractivity (Wildman–Crippen MR) is 114 cm³/mol. The van der Waals surface area contributed by atoms with E-state index in [0.717, 1.165) is 26.8 Å². The predicted octanol–water partition coefficient (Wildman–Crippen LogP) is 2.38. The summed E-state index contributed by atoms with van der Waals surface area (Å²) < 4.78 is 0. The van der Waals surface area contributed by atoms with Crippen molar-refractivity contribution in [2.45, 2.75) is 35.6 Å². The molecule has 3 heterocycles. The molecule has 2 saturated carbocycles. The Hall–Kier alpha value is -2.39. The van der Waals surface area contributed by atoms with Gasteiger partial charge in [-0.05, 0) is 36.7 Å². The first-order valence-corrected chi connectivity index (χ1v) is 12.1. The number of imide groups is 1. The lowest BCUT2D eigenvalue weighted by Gasteiger charge is -2.43. The molecule has 6 rings (SSSR count). The highest BCUT2D eigenvalue weighted by Crippen LogP contribution is 2.68. The lowest BCUT2D eigenvalue weighted by atomic mass is 9.68. The Morgan fingerprint density at radius 2 is 1.81 bits per heavy atom. The summed E-state index contributed by atoms with van der Waals surface area (Å²) in [6, 6.07) is 8.91. The number of carboxylic acid groups (broad SMARTS) is 1. The fourth-order valence-corrected chi connectivity index (χ4v) is 9.45. The number of carbonyl (C=O) groups excluding carboxylic acids is 2. The molecule has 2 aromatic rings. The van der Waals surface area contributed by atoms with Gasteiger partial charge in [0.1, 0.15) is 6.04 Å². The van der Waals surface area contributed by atoms with Gasteiger partial charge >= 0.3 is 10.8 Å². The number of rotatable bonds is 3. The number of aromatic nitrogens is 1. The number of thioether (sulfide) groups is 1. The van der Waals surface area contributed by atoms with Crippen LogP contribution in [0, 0.1) is 29.6 Å². The molecule has 1 saturated heterocycles. The van der Waals surface area contributed by atoms with E-state index >= 15 is 0 Å². The van der Waals surface area contributed by atoms with Crippen LogP contribution in [-0.2, 0) is 14.4 Å². The summed E-state index contributed by atoms with van der Waals surface area (Å²) in [5.74, 6) is -2.59. The largest absolute Gasteiger partial charge is 0.480 e. The van der Waals surface area contributed by atoms with Crippen molar-refractivity contribution in [2.24, 2.45) is 29.6 Å². The van der Waals surface area contributed by atoms with Crippen molar-refractivity contribution in [2.75, 3.05) is 0 Å². The van der Waals surface area contributed by atoms with Crippen molar-refractivity contribution in [3.8, 4) is 0 Å². The monoisotopic (exact) mass is 456 g/mol. The molecule has 2 amide bonds. The summed E-state index contributed by atoms with van der Waals surface area (Å²) in [5, 5.41) is 10.4. The quantitative estimate of drug-likeness (QED) is 0.687. The third-order valence-corrected chi connectivity index (χ3v) is 10.2. The molecule has 9 heteroatoms. The van der Waals surface area contributed by atoms with Gasteiger partial charge in [0, 0.05) is 16.0 Å². The highest BCUT2D eigenvalue weighted by atomic mass is 32.2. The standard InChI is InChI=1S/C22H20N2O5S2/c1-8(21(27)28)24-19(25)14-10-7-11(15(14)20(24)26)16-13(10)12(9-5-3-2-4-6-9)17-18(30-16)23-22(29)31-17/h2-6,8,10-16H,7H2,1H3,(H,23,29)(H,27,28)/t8-,10-,11-,12-,13-,14+,15-,16-/m1/s1. The number of H-pyrrole nitrogens is 1. The minimum absolute atomic E-state index is 0.00352. The van der Waals surface area contributed by atoms with Gasteiger partial charge in [-0.1, -0.05) is 41.7 Å². The van der Waals surface area contributed by atoms with Gasteiger partial charge in [-0.2, -0.15) is 0 Å². The van der Waals surface area contributed by atoms with Gasteiger partial charge in [0.25, 0.3) is 0 Å². The summed E-state index contributed by atoms with van der Waals surface area (Å²) >= 11 is 2.87.